The van der Waals surface area contributed by atoms with Gasteiger partial charge in [-0.25, -0.2) is 0 Å². The first-order chi connectivity index (χ1) is 7.38. The van der Waals surface area contributed by atoms with Crippen molar-refractivity contribution >= 4 is 46.3 Å². The van der Waals surface area contributed by atoms with Crippen LogP contribution in [0.5, 0.6) is 5.88 Å². The Hall–Kier alpha value is 1.48. The molecule has 0 amide bonds. The molecule has 0 fully saturated rings. The molecule has 0 bridgehead atoms. The molecule has 1 aromatic heterocycles. The number of phosphoric acid groups is 1. The Morgan fingerprint density at radius 2 is 1.94 bits per heavy atom. The molecule has 0 saturated carbocycles. The third kappa shape index (κ3) is 4.50. The zero-order chi connectivity index (χ0) is 11.9. The van der Waals surface area contributed by atoms with Crippen molar-refractivity contribution in [3.8, 4) is 5.88 Å². The summed E-state index contributed by atoms with van der Waals surface area (Å²) in [6, 6.07) is 5.15. The van der Waals surface area contributed by atoms with Crippen molar-refractivity contribution in [1.82, 2.24) is 4.98 Å². The van der Waals surface area contributed by atoms with E-state index in [0.717, 1.165) is 0 Å². The maximum absolute atomic E-state index is 10.5. The molecule has 0 unspecified atom stereocenters. The standard InChI is InChI=1S/C8H6BrClNO4P.2Na/c9-4-2-1-3-5-6(4)7(10)8(11-5)15-16(12,13)14;;/h1-3,11H,(H2,12,13,14);;/q;2*+1/p-2. The summed E-state index contributed by atoms with van der Waals surface area (Å²) >= 11 is 9.14. The Morgan fingerprint density at radius 3 is 2.44 bits per heavy atom. The fraction of sp³-hybridized carbons (Fsp3) is 0. The Bertz CT molecular complexity index is 602. The Morgan fingerprint density at radius 1 is 1.33 bits per heavy atom. The van der Waals surface area contributed by atoms with Crippen LogP contribution in [0.2, 0.25) is 5.02 Å². The van der Waals surface area contributed by atoms with Gasteiger partial charge in [-0.1, -0.05) is 33.6 Å². The molecule has 0 aliphatic heterocycles. The molecule has 18 heavy (non-hydrogen) atoms. The zero-order valence-electron chi connectivity index (χ0n) is 9.57. The van der Waals surface area contributed by atoms with E-state index in [1.807, 2.05) is 0 Å². The first-order valence-corrected chi connectivity index (χ1v) is 6.69. The van der Waals surface area contributed by atoms with E-state index < -0.39 is 7.82 Å². The molecular formula is C8H4BrClNNa2O4P. The van der Waals surface area contributed by atoms with Gasteiger partial charge in [0.05, 0.1) is 5.52 Å². The van der Waals surface area contributed by atoms with E-state index in [-0.39, 0.29) is 70.0 Å². The van der Waals surface area contributed by atoms with Crippen LogP contribution in [-0.4, -0.2) is 4.98 Å². The van der Waals surface area contributed by atoms with Gasteiger partial charge in [-0.3, -0.25) is 0 Å². The average molecular weight is 370 g/mol. The van der Waals surface area contributed by atoms with E-state index in [2.05, 4.69) is 25.4 Å². The smallest absolute Gasteiger partial charge is 0.780 e. The number of hydrogen-bond donors (Lipinski definition) is 1. The monoisotopic (exact) mass is 369 g/mol. The van der Waals surface area contributed by atoms with Gasteiger partial charge in [0.15, 0.2) is 0 Å². The molecule has 1 heterocycles. The summed E-state index contributed by atoms with van der Waals surface area (Å²) in [7, 11) is -5.12. The molecule has 0 spiro atoms. The fourth-order valence-corrected chi connectivity index (χ4v) is 2.70. The number of hydrogen-bond acceptors (Lipinski definition) is 4. The second-order valence-electron chi connectivity index (χ2n) is 2.97. The molecule has 2 rings (SSSR count). The van der Waals surface area contributed by atoms with Crippen molar-refractivity contribution < 1.29 is 78.0 Å². The predicted molar refractivity (Wildman–Crippen MR) is 59.2 cm³/mol. The van der Waals surface area contributed by atoms with Crippen molar-refractivity contribution in [3.05, 3.63) is 27.7 Å². The van der Waals surface area contributed by atoms with Crippen molar-refractivity contribution in [2.75, 3.05) is 0 Å². The average Bonchev–Trinajstić information content (AvgIpc) is 2.42. The van der Waals surface area contributed by atoms with Gasteiger partial charge in [0.2, 0.25) is 5.88 Å². The summed E-state index contributed by atoms with van der Waals surface area (Å²) in [5.74, 6) is -0.267. The zero-order valence-corrected chi connectivity index (χ0v) is 16.8. The van der Waals surface area contributed by atoms with Crippen LogP contribution in [0, 0.1) is 0 Å². The third-order valence-corrected chi connectivity index (χ3v) is 3.31. The largest absolute Gasteiger partial charge is 1.00 e. The van der Waals surface area contributed by atoms with Gasteiger partial charge < -0.3 is 23.9 Å². The van der Waals surface area contributed by atoms with Gasteiger partial charge in [0.1, 0.15) is 12.8 Å². The number of aromatic amines is 1. The van der Waals surface area contributed by atoms with Crippen molar-refractivity contribution in [2.24, 2.45) is 0 Å². The third-order valence-electron chi connectivity index (χ3n) is 1.88. The molecule has 1 N–H and O–H groups in total. The molecule has 0 atom stereocenters. The second-order valence-corrected chi connectivity index (χ2v) is 5.28. The first-order valence-electron chi connectivity index (χ1n) is 4.06. The van der Waals surface area contributed by atoms with Crippen molar-refractivity contribution in [3.63, 3.8) is 0 Å². The number of halogens is 2. The van der Waals surface area contributed by atoms with Gasteiger partial charge in [-0.2, -0.15) is 0 Å². The molecule has 0 radical (unpaired) electrons. The Balaban J connectivity index is 0.00000144. The van der Waals surface area contributed by atoms with Crippen LogP contribution >= 0.6 is 35.4 Å². The van der Waals surface area contributed by atoms with Gasteiger partial charge in [0, 0.05) is 9.86 Å². The molecule has 86 valence electrons. The predicted octanol–water partition coefficient (Wildman–Crippen LogP) is -4.20. The van der Waals surface area contributed by atoms with Crippen LogP contribution < -0.4 is 73.4 Å². The normalized spacial score (nSPS) is 10.7. The Kier molecular flexibility index (Phi) is 8.09. The van der Waals surface area contributed by atoms with E-state index in [1.165, 1.54) is 0 Å². The van der Waals surface area contributed by atoms with Crippen LogP contribution in [0.3, 0.4) is 0 Å². The summed E-state index contributed by atoms with van der Waals surface area (Å²) in [6.07, 6.45) is 0. The number of rotatable bonds is 2. The number of nitrogens with one attached hydrogen (secondary N) is 1. The quantitative estimate of drug-likeness (QED) is 0.429. The van der Waals surface area contributed by atoms with E-state index in [1.54, 1.807) is 18.2 Å². The topological polar surface area (TPSA) is 88.2 Å². The van der Waals surface area contributed by atoms with Crippen LogP contribution in [0.15, 0.2) is 22.7 Å². The second kappa shape index (κ2) is 7.48. The van der Waals surface area contributed by atoms with E-state index in [9.17, 15) is 14.4 Å². The summed E-state index contributed by atoms with van der Waals surface area (Å²) in [6.45, 7) is 0. The first kappa shape index (κ1) is 19.5. The molecule has 10 heteroatoms. The number of fused-ring (bicyclic) bond motifs is 1. The van der Waals surface area contributed by atoms with Crippen LogP contribution in [-0.2, 0) is 4.57 Å². The van der Waals surface area contributed by atoms with E-state index >= 15 is 0 Å². The van der Waals surface area contributed by atoms with Crippen LogP contribution in [0.25, 0.3) is 10.9 Å². The minimum Gasteiger partial charge on any atom is -0.780 e. The summed E-state index contributed by atoms with van der Waals surface area (Å²) in [5, 5.41) is 0.613. The number of phosphoric ester groups is 1. The SMILES string of the molecule is O=P([O-])([O-])Oc1[nH]c2cccc(Br)c2c1Cl.[Na+].[Na+]. The molecule has 0 aliphatic carbocycles. The van der Waals surface area contributed by atoms with E-state index in [4.69, 9.17) is 11.6 Å². The maximum Gasteiger partial charge on any atom is 1.00 e. The van der Waals surface area contributed by atoms with Gasteiger partial charge in [-0.15, -0.1) is 0 Å². The van der Waals surface area contributed by atoms with Gasteiger partial charge in [0.25, 0.3) is 0 Å². The summed E-state index contributed by atoms with van der Waals surface area (Å²) in [5.41, 5.74) is 0.572. The summed E-state index contributed by atoms with van der Waals surface area (Å²) < 4.78 is 15.4. The fourth-order valence-electron chi connectivity index (χ4n) is 1.32. The maximum atomic E-state index is 10.5. The van der Waals surface area contributed by atoms with Crippen molar-refractivity contribution in [1.29, 1.82) is 0 Å². The van der Waals surface area contributed by atoms with Gasteiger partial charge in [-0.05, 0) is 12.1 Å². The number of benzene rings is 1. The van der Waals surface area contributed by atoms with Crippen LogP contribution in [0.1, 0.15) is 0 Å². The van der Waals surface area contributed by atoms with Crippen LogP contribution in [0.4, 0.5) is 0 Å². The molecule has 0 saturated heterocycles. The number of aromatic nitrogens is 1. The molecule has 0 aliphatic rings. The molecule has 5 nitrogen and oxygen atoms in total. The minimum atomic E-state index is -5.12. The number of H-pyrrole nitrogens is 1. The Labute approximate surface area is 161 Å². The molecule has 1 aromatic carbocycles. The summed E-state index contributed by atoms with van der Waals surface area (Å²) in [4.78, 5) is 23.6. The van der Waals surface area contributed by atoms with Gasteiger partial charge >= 0.3 is 59.1 Å². The van der Waals surface area contributed by atoms with Crippen molar-refractivity contribution in [2.45, 2.75) is 0 Å². The molecule has 2 aromatic rings. The molecular weight excluding hydrogens is 366 g/mol. The minimum absolute atomic E-state index is 0. The van der Waals surface area contributed by atoms with E-state index in [0.29, 0.717) is 15.4 Å².